The Morgan fingerprint density at radius 3 is 2.44 bits per heavy atom. The van der Waals surface area contributed by atoms with Gasteiger partial charge >= 0.3 is 0 Å². The van der Waals surface area contributed by atoms with E-state index in [1.54, 1.807) is 44.6 Å². The number of hydrogen-bond acceptors (Lipinski definition) is 4. The lowest BCUT2D eigenvalue weighted by atomic mass is 10.2. The highest BCUT2D eigenvalue weighted by Gasteiger charge is 2.48. The summed E-state index contributed by atoms with van der Waals surface area (Å²) in [5, 5.41) is 6.12. The monoisotopic (exact) mass is 388 g/mol. The number of para-hydroxylation sites is 1. The van der Waals surface area contributed by atoms with E-state index in [-0.39, 0.29) is 23.7 Å². The first-order valence-electron chi connectivity index (χ1n) is 8.57. The lowest BCUT2D eigenvalue weighted by molar-refractivity contribution is -0.125. The summed E-state index contributed by atoms with van der Waals surface area (Å²) in [4.78, 5) is 24.6. The Morgan fingerprint density at radius 2 is 1.74 bits per heavy atom. The van der Waals surface area contributed by atoms with Crippen LogP contribution < -0.4 is 20.1 Å². The molecule has 7 heteroatoms. The first-order chi connectivity index (χ1) is 13.0. The lowest BCUT2D eigenvalue weighted by Gasteiger charge is -2.10. The first-order valence-corrected chi connectivity index (χ1v) is 8.95. The van der Waals surface area contributed by atoms with Gasteiger partial charge < -0.3 is 20.1 Å². The van der Waals surface area contributed by atoms with Crippen LogP contribution in [0, 0.1) is 11.8 Å². The highest BCUT2D eigenvalue weighted by atomic mass is 35.5. The van der Waals surface area contributed by atoms with Gasteiger partial charge in [0.15, 0.2) is 11.5 Å². The zero-order valence-corrected chi connectivity index (χ0v) is 15.9. The van der Waals surface area contributed by atoms with Crippen molar-refractivity contribution in [3.8, 4) is 11.5 Å². The minimum absolute atomic E-state index is 0.135. The highest BCUT2D eigenvalue weighted by molar-refractivity contribution is 6.33. The smallest absolute Gasteiger partial charge is 0.228 e. The largest absolute Gasteiger partial charge is 0.493 e. The van der Waals surface area contributed by atoms with Gasteiger partial charge in [0.05, 0.1) is 36.8 Å². The van der Waals surface area contributed by atoms with E-state index in [9.17, 15) is 9.59 Å². The molecule has 0 heterocycles. The van der Waals surface area contributed by atoms with Gasteiger partial charge in [-0.15, -0.1) is 0 Å². The minimum atomic E-state index is -0.327. The second kappa shape index (κ2) is 8.31. The molecule has 27 heavy (non-hydrogen) atoms. The lowest BCUT2D eigenvalue weighted by Crippen LogP contribution is -2.27. The van der Waals surface area contributed by atoms with Crippen LogP contribution in [-0.4, -0.2) is 26.0 Å². The number of carbonyl (C=O) groups is 2. The first kappa shape index (κ1) is 19.0. The molecule has 6 nitrogen and oxygen atoms in total. The maximum absolute atomic E-state index is 12.3. The average Bonchev–Trinajstić information content (AvgIpc) is 3.48. The summed E-state index contributed by atoms with van der Waals surface area (Å²) in [6.45, 7) is 0.356. The molecule has 0 bridgehead atoms. The molecule has 2 unspecified atom stereocenters. The number of benzene rings is 2. The van der Waals surface area contributed by atoms with Gasteiger partial charge in [0.2, 0.25) is 11.8 Å². The Hall–Kier alpha value is -2.73. The van der Waals surface area contributed by atoms with Crippen LogP contribution in [0.25, 0.3) is 0 Å². The second-order valence-corrected chi connectivity index (χ2v) is 6.73. The summed E-state index contributed by atoms with van der Waals surface area (Å²) in [6, 6.07) is 12.5. The van der Waals surface area contributed by atoms with Gasteiger partial charge in [0.25, 0.3) is 0 Å². The molecular weight excluding hydrogens is 368 g/mol. The molecule has 1 saturated carbocycles. The van der Waals surface area contributed by atoms with Crippen LogP contribution in [0.4, 0.5) is 5.69 Å². The number of carbonyl (C=O) groups excluding carboxylic acids is 2. The van der Waals surface area contributed by atoms with Crippen LogP contribution in [-0.2, 0) is 16.1 Å². The van der Waals surface area contributed by atoms with Gasteiger partial charge in [-0.05, 0) is 36.2 Å². The molecule has 0 saturated heterocycles. The molecule has 2 aromatic carbocycles. The number of methoxy groups -OCH3 is 2. The predicted octanol–water partition coefficient (Wildman–Crippen LogP) is 3.25. The summed E-state index contributed by atoms with van der Waals surface area (Å²) in [7, 11) is 3.13. The zero-order chi connectivity index (χ0) is 19.4. The third-order valence-corrected chi connectivity index (χ3v) is 4.84. The number of nitrogens with one attached hydrogen (secondary N) is 2. The number of hydrogen-bond donors (Lipinski definition) is 2. The summed E-state index contributed by atoms with van der Waals surface area (Å²) >= 11 is 6.04. The maximum Gasteiger partial charge on any atom is 0.228 e. The Labute approximate surface area is 162 Å². The Balaban J connectivity index is 1.51. The third kappa shape index (κ3) is 4.52. The third-order valence-electron chi connectivity index (χ3n) is 4.51. The molecule has 0 aromatic heterocycles. The van der Waals surface area contributed by atoms with Crippen LogP contribution in [0.5, 0.6) is 11.5 Å². The molecule has 1 fully saturated rings. The van der Waals surface area contributed by atoms with E-state index in [1.165, 1.54) is 0 Å². The Morgan fingerprint density at radius 1 is 1.04 bits per heavy atom. The van der Waals surface area contributed by atoms with Crippen molar-refractivity contribution in [1.29, 1.82) is 0 Å². The van der Waals surface area contributed by atoms with Crippen molar-refractivity contribution < 1.29 is 19.1 Å². The summed E-state index contributed by atoms with van der Waals surface area (Å²) < 4.78 is 10.5. The fraction of sp³-hybridized carbons (Fsp3) is 0.300. The summed E-state index contributed by atoms with van der Waals surface area (Å²) in [5.74, 6) is 0.275. The van der Waals surface area contributed by atoms with E-state index < -0.39 is 0 Å². The normalized spacial score (nSPS) is 17.7. The van der Waals surface area contributed by atoms with Crippen LogP contribution in [0.15, 0.2) is 42.5 Å². The van der Waals surface area contributed by atoms with Crippen molar-refractivity contribution in [2.45, 2.75) is 13.0 Å². The molecule has 142 valence electrons. The summed E-state index contributed by atoms with van der Waals surface area (Å²) in [6.07, 6.45) is 0.536. The van der Waals surface area contributed by atoms with Crippen LogP contribution >= 0.6 is 11.6 Å². The van der Waals surface area contributed by atoms with E-state index in [2.05, 4.69) is 10.6 Å². The van der Waals surface area contributed by atoms with E-state index in [1.807, 2.05) is 12.1 Å². The molecule has 1 aliphatic rings. The number of ether oxygens (including phenoxy) is 2. The van der Waals surface area contributed by atoms with Crippen molar-refractivity contribution in [3.05, 3.63) is 53.1 Å². The van der Waals surface area contributed by atoms with Crippen molar-refractivity contribution in [2.24, 2.45) is 11.8 Å². The summed E-state index contributed by atoms with van der Waals surface area (Å²) in [5.41, 5.74) is 1.44. The quantitative estimate of drug-likeness (QED) is 0.763. The van der Waals surface area contributed by atoms with Gasteiger partial charge in [-0.3, -0.25) is 9.59 Å². The molecule has 2 N–H and O–H groups in total. The standard InChI is InChI=1S/C20H21ClN2O4/c1-26-17-8-7-12(9-18(17)27-2)11-22-19(24)13-10-14(13)20(25)23-16-6-4-3-5-15(16)21/h3-9,13-14H,10-11H2,1-2H3,(H,22,24)(H,23,25). The van der Waals surface area contributed by atoms with Gasteiger partial charge in [0.1, 0.15) is 0 Å². The van der Waals surface area contributed by atoms with E-state index in [4.69, 9.17) is 21.1 Å². The van der Waals surface area contributed by atoms with Crippen molar-refractivity contribution in [2.75, 3.05) is 19.5 Å². The predicted molar refractivity (Wildman–Crippen MR) is 103 cm³/mol. The molecule has 2 atom stereocenters. The molecule has 0 radical (unpaired) electrons. The molecular formula is C20H21ClN2O4. The van der Waals surface area contributed by atoms with E-state index >= 15 is 0 Å². The van der Waals surface area contributed by atoms with E-state index in [0.29, 0.717) is 35.2 Å². The number of amides is 2. The fourth-order valence-corrected chi connectivity index (χ4v) is 3.06. The fourth-order valence-electron chi connectivity index (χ4n) is 2.87. The van der Waals surface area contributed by atoms with Gasteiger partial charge in [0, 0.05) is 6.54 Å². The number of rotatable bonds is 7. The van der Waals surface area contributed by atoms with Gasteiger partial charge in [-0.2, -0.15) is 0 Å². The zero-order valence-electron chi connectivity index (χ0n) is 15.1. The van der Waals surface area contributed by atoms with Crippen molar-refractivity contribution in [3.63, 3.8) is 0 Å². The molecule has 0 spiro atoms. The van der Waals surface area contributed by atoms with Crippen LogP contribution in [0.2, 0.25) is 5.02 Å². The Bertz CT molecular complexity index is 856. The molecule has 2 amide bonds. The minimum Gasteiger partial charge on any atom is -0.493 e. The maximum atomic E-state index is 12.3. The molecule has 1 aliphatic carbocycles. The Kier molecular flexibility index (Phi) is 5.86. The topological polar surface area (TPSA) is 76.7 Å². The second-order valence-electron chi connectivity index (χ2n) is 6.32. The highest BCUT2D eigenvalue weighted by Crippen LogP contribution is 2.40. The number of halogens is 1. The average molecular weight is 389 g/mol. The molecule has 3 rings (SSSR count). The van der Waals surface area contributed by atoms with Gasteiger partial charge in [-0.25, -0.2) is 0 Å². The van der Waals surface area contributed by atoms with E-state index in [0.717, 1.165) is 5.56 Å². The van der Waals surface area contributed by atoms with Gasteiger partial charge in [-0.1, -0.05) is 29.8 Å². The van der Waals surface area contributed by atoms with Crippen molar-refractivity contribution >= 4 is 29.1 Å². The van der Waals surface area contributed by atoms with Crippen LogP contribution in [0.1, 0.15) is 12.0 Å². The van der Waals surface area contributed by atoms with Crippen molar-refractivity contribution in [1.82, 2.24) is 5.32 Å². The molecule has 0 aliphatic heterocycles. The number of anilines is 1. The molecule has 2 aromatic rings. The van der Waals surface area contributed by atoms with Crippen LogP contribution in [0.3, 0.4) is 0 Å². The SMILES string of the molecule is COc1ccc(CNC(=O)C2CC2C(=O)Nc2ccccc2Cl)cc1OC.